The molecule has 0 aliphatic heterocycles. The number of sulfonamides is 1. The number of para-hydroxylation sites is 2. The maximum atomic E-state index is 14.1. The number of halogens is 1. The minimum absolute atomic E-state index is 0.00342. The van der Waals surface area contributed by atoms with Gasteiger partial charge in [-0.05, 0) is 69.2 Å². The SMILES string of the molecule is CCC(C(=O)NC(C)(C)C)N(Cc1ccc(F)cc1)C(=O)CN(c1ccccc1OC)S(=O)(=O)c1ccccc1. The van der Waals surface area contributed by atoms with Gasteiger partial charge in [-0.1, -0.05) is 49.4 Å². The Kier molecular flexibility index (Phi) is 9.92. The summed E-state index contributed by atoms with van der Waals surface area (Å²) in [5, 5.41) is 2.92. The van der Waals surface area contributed by atoms with Crippen molar-refractivity contribution in [2.24, 2.45) is 0 Å². The lowest BCUT2D eigenvalue weighted by atomic mass is 10.1. The van der Waals surface area contributed by atoms with Crippen LogP contribution in [0, 0.1) is 5.82 Å². The number of rotatable bonds is 11. The van der Waals surface area contributed by atoms with Crippen LogP contribution in [0.25, 0.3) is 0 Å². The van der Waals surface area contributed by atoms with Gasteiger partial charge in [-0.15, -0.1) is 0 Å². The molecule has 3 aromatic rings. The molecule has 0 fully saturated rings. The zero-order valence-electron chi connectivity index (χ0n) is 23.4. The van der Waals surface area contributed by atoms with Crippen LogP contribution in [0.1, 0.15) is 39.7 Å². The first-order valence-electron chi connectivity index (χ1n) is 12.9. The van der Waals surface area contributed by atoms with Crippen molar-refractivity contribution in [2.75, 3.05) is 18.0 Å². The largest absolute Gasteiger partial charge is 0.495 e. The molecule has 0 bridgehead atoms. The van der Waals surface area contributed by atoms with E-state index in [0.29, 0.717) is 5.56 Å². The van der Waals surface area contributed by atoms with E-state index in [2.05, 4.69) is 5.32 Å². The Morgan fingerprint density at radius 2 is 1.55 bits per heavy atom. The van der Waals surface area contributed by atoms with Gasteiger partial charge in [0.1, 0.15) is 24.2 Å². The van der Waals surface area contributed by atoms with Crippen molar-refractivity contribution in [3.8, 4) is 5.75 Å². The number of hydrogen-bond acceptors (Lipinski definition) is 5. The minimum atomic E-state index is -4.22. The summed E-state index contributed by atoms with van der Waals surface area (Å²) in [5.74, 6) is -1.15. The van der Waals surface area contributed by atoms with Crippen molar-refractivity contribution in [3.05, 3.63) is 90.2 Å². The normalized spacial score (nSPS) is 12.3. The third kappa shape index (κ3) is 7.59. The predicted octanol–water partition coefficient (Wildman–Crippen LogP) is 4.75. The summed E-state index contributed by atoms with van der Waals surface area (Å²) in [4.78, 5) is 28.8. The van der Waals surface area contributed by atoms with Gasteiger partial charge in [-0.2, -0.15) is 0 Å². The van der Waals surface area contributed by atoms with Crippen molar-refractivity contribution in [1.82, 2.24) is 10.2 Å². The second-order valence-corrected chi connectivity index (χ2v) is 12.2. The van der Waals surface area contributed by atoms with E-state index in [4.69, 9.17) is 4.74 Å². The fourth-order valence-electron chi connectivity index (χ4n) is 4.23. The third-order valence-corrected chi connectivity index (χ3v) is 7.89. The van der Waals surface area contributed by atoms with Crippen molar-refractivity contribution in [1.29, 1.82) is 0 Å². The van der Waals surface area contributed by atoms with E-state index in [9.17, 15) is 22.4 Å². The number of hydrogen-bond donors (Lipinski definition) is 1. The third-order valence-electron chi connectivity index (χ3n) is 6.11. The zero-order chi connectivity index (χ0) is 29.5. The maximum Gasteiger partial charge on any atom is 0.264 e. The number of methoxy groups -OCH3 is 1. The first-order valence-corrected chi connectivity index (χ1v) is 14.4. The summed E-state index contributed by atoms with van der Waals surface area (Å²) in [6.45, 7) is 6.65. The van der Waals surface area contributed by atoms with E-state index in [1.165, 1.54) is 48.4 Å². The smallest absolute Gasteiger partial charge is 0.264 e. The Hall–Kier alpha value is -3.92. The van der Waals surface area contributed by atoms with Crippen molar-refractivity contribution in [2.45, 2.75) is 57.1 Å². The van der Waals surface area contributed by atoms with Crippen LogP contribution in [0.4, 0.5) is 10.1 Å². The highest BCUT2D eigenvalue weighted by molar-refractivity contribution is 7.92. The van der Waals surface area contributed by atoms with E-state index < -0.39 is 39.9 Å². The molecule has 10 heteroatoms. The van der Waals surface area contributed by atoms with Crippen molar-refractivity contribution < 1.29 is 27.1 Å². The molecule has 0 aromatic heterocycles. The highest BCUT2D eigenvalue weighted by Crippen LogP contribution is 2.32. The Bertz CT molecular complexity index is 1410. The van der Waals surface area contributed by atoms with Crippen LogP contribution in [-0.4, -0.2) is 50.4 Å². The molecule has 0 saturated carbocycles. The molecular formula is C30H36FN3O5S. The van der Waals surface area contributed by atoms with Gasteiger partial charge in [-0.3, -0.25) is 13.9 Å². The van der Waals surface area contributed by atoms with Gasteiger partial charge in [0.25, 0.3) is 10.0 Å². The second kappa shape index (κ2) is 13.0. The van der Waals surface area contributed by atoms with E-state index in [-0.39, 0.29) is 35.2 Å². The molecule has 0 aliphatic carbocycles. The fraction of sp³-hybridized carbons (Fsp3) is 0.333. The number of nitrogens with one attached hydrogen (secondary N) is 1. The second-order valence-electron chi connectivity index (χ2n) is 10.3. The summed E-state index contributed by atoms with van der Waals surface area (Å²) in [5.41, 5.74) is 0.206. The molecule has 0 radical (unpaired) electrons. The summed E-state index contributed by atoms with van der Waals surface area (Å²) in [6, 6.07) is 19.0. The predicted molar refractivity (Wildman–Crippen MR) is 153 cm³/mol. The van der Waals surface area contributed by atoms with Crippen LogP contribution in [0.2, 0.25) is 0 Å². The van der Waals surface area contributed by atoms with Crippen molar-refractivity contribution in [3.63, 3.8) is 0 Å². The van der Waals surface area contributed by atoms with Gasteiger partial charge in [0, 0.05) is 12.1 Å². The van der Waals surface area contributed by atoms with E-state index in [1.54, 1.807) is 49.4 Å². The van der Waals surface area contributed by atoms with Gasteiger partial charge in [0.05, 0.1) is 17.7 Å². The van der Waals surface area contributed by atoms with Gasteiger partial charge in [0.2, 0.25) is 11.8 Å². The first kappa shape index (κ1) is 30.6. The quantitative estimate of drug-likeness (QED) is 0.360. The molecule has 0 saturated heterocycles. The molecule has 3 aromatic carbocycles. The van der Waals surface area contributed by atoms with Crippen LogP contribution in [0.5, 0.6) is 5.75 Å². The van der Waals surface area contributed by atoms with Crippen LogP contribution in [-0.2, 0) is 26.2 Å². The topological polar surface area (TPSA) is 96.0 Å². The lowest BCUT2D eigenvalue weighted by Crippen LogP contribution is -2.55. The standard InChI is InChI=1S/C30H36FN3O5S/c1-6-25(29(36)32-30(2,3)4)33(20-22-16-18-23(31)19-17-22)28(35)21-34(26-14-10-11-15-27(26)39-5)40(37,38)24-12-8-7-9-13-24/h7-19,25H,6,20-21H2,1-5H3,(H,32,36). The number of anilines is 1. The minimum Gasteiger partial charge on any atom is -0.495 e. The average molecular weight is 570 g/mol. The Morgan fingerprint density at radius 3 is 2.12 bits per heavy atom. The zero-order valence-corrected chi connectivity index (χ0v) is 24.2. The number of carbonyl (C=O) groups is 2. The van der Waals surface area contributed by atoms with Gasteiger partial charge >= 0.3 is 0 Å². The molecule has 0 heterocycles. The van der Waals surface area contributed by atoms with Gasteiger partial charge in [0.15, 0.2) is 0 Å². The molecule has 3 rings (SSSR count). The summed E-state index contributed by atoms with van der Waals surface area (Å²) in [7, 11) is -2.80. The average Bonchev–Trinajstić information content (AvgIpc) is 2.92. The Balaban J connectivity index is 2.09. The Labute approximate surface area is 235 Å². The van der Waals surface area contributed by atoms with E-state index >= 15 is 0 Å². The number of amides is 2. The van der Waals surface area contributed by atoms with Gasteiger partial charge < -0.3 is 15.0 Å². The number of ether oxygens (including phenoxy) is 1. The molecule has 0 spiro atoms. The highest BCUT2D eigenvalue weighted by Gasteiger charge is 2.35. The molecule has 1 N–H and O–H groups in total. The van der Waals surface area contributed by atoms with Crippen LogP contribution in [0.15, 0.2) is 83.8 Å². The monoisotopic (exact) mass is 569 g/mol. The molecule has 8 nitrogen and oxygen atoms in total. The van der Waals surface area contributed by atoms with Crippen LogP contribution in [0.3, 0.4) is 0 Å². The van der Waals surface area contributed by atoms with Crippen LogP contribution >= 0.6 is 0 Å². The molecule has 0 aliphatic rings. The number of benzene rings is 3. The summed E-state index contributed by atoms with van der Waals surface area (Å²) >= 11 is 0. The summed E-state index contributed by atoms with van der Waals surface area (Å²) < 4.78 is 47.8. The van der Waals surface area contributed by atoms with E-state index in [0.717, 1.165) is 4.31 Å². The Morgan fingerprint density at radius 1 is 0.950 bits per heavy atom. The lowest BCUT2D eigenvalue weighted by Gasteiger charge is -2.35. The lowest BCUT2D eigenvalue weighted by molar-refractivity contribution is -0.141. The molecule has 1 unspecified atom stereocenters. The van der Waals surface area contributed by atoms with Crippen LogP contribution < -0.4 is 14.4 Å². The number of nitrogens with zero attached hydrogens (tertiary/aromatic N) is 2. The fourth-order valence-corrected chi connectivity index (χ4v) is 5.67. The van der Waals surface area contributed by atoms with E-state index in [1.807, 2.05) is 20.8 Å². The van der Waals surface area contributed by atoms with Crippen molar-refractivity contribution >= 4 is 27.5 Å². The maximum absolute atomic E-state index is 14.1. The molecular weight excluding hydrogens is 533 g/mol. The summed E-state index contributed by atoms with van der Waals surface area (Å²) in [6.07, 6.45) is 0.273. The molecule has 214 valence electrons. The molecule has 1 atom stereocenters. The molecule has 2 amide bonds. The molecule has 40 heavy (non-hydrogen) atoms. The number of carbonyl (C=O) groups excluding carboxylic acids is 2. The van der Waals surface area contributed by atoms with Gasteiger partial charge in [-0.25, -0.2) is 12.8 Å². The first-order chi connectivity index (χ1) is 18.9. The highest BCUT2D eigenvalue weighted by atomic mass is 32.2.